The van der Waals surface area contributed by atoms with E-state index in [1.165, 1.54) is 4.90 Å². The first-order valence-corrected chi connectivity index (χ1v) is 16.7. The zero-order valence-electron chi connectivity index (χ0n) is 26.3. The fourth-order valence-corrected chi connectivity index (χ4v) is 6.76. The molecular formula is C36H40ClN3O4S. The van der Waals surface area contributed by atoms with Gasteiger partial charge in [0.15, 0.2) is 0 Å². The highest BCUT2D eigenvalue weighted by Crippen LogP contribution is 2.29. The Kier molecular flexibility index (Phi) is 11.1. The van der Waals surface area contributed by atoms with Crippen LogP contribution < -0.4 is 9.62 Å². The maximum absolute atomic E-state index is 14.5. The molecule has 0 bridgehead atoms. The first-order valence-electron chi connectivity index (χ1n) is 14.9. The Morgan fingerprint density at radius 1 is 0.800 bits per heavy atom. The molecule has 0 aromatic heterocycles. The predicted octanol–water partition coefficient (Wildman–Crippen LogP) is 6.63. The third kappa shape index (κ3) is 8.74. The topological polar surface area (TPSA) is 86.8 Å². The SMILES string of the molecule is Cc1ccc(S(=O)(=O)N(CC(=O)N(Cc2ccc(Cl)cc2)[C@@H](Cc2ccccc2)C(=O)NC(C)C)c2ccc(C)cc2C)cc1. The van der Waals surface area contributed by atoms with Crippen molar-refractivity contribution in [3.8, 4) is 0 Å². The Morgan fingerprint density at radius 3 is 2.02 bits per heavy atom. The monoisotopic (exact) mass is 645 g/mol. The Bertz CT molecular complexity index is 1720. The van der Waals surface area contributed by atoms with Crippen LogP contribution in [0, 0.1) is 20.8 Å². The number of halogens is 1. The van der Waals surface area contributed by atoms with Gasteiger partial charge in [0.25, 0.3) is 10.0 Å². The van der Waals surface area contributed by atoms with Crippen LogP contribution in [0.1, 0.15) is 41.7 Å². The lowest BCUT2D eigenvalue weighted by Crippen LogP contribution is -2.54. The first-order chi connectivity index (χ1) is 21.3. The van der Waals surface area contributed by atoms with Crippen LogP contribution in [-0.4, -0.2) is 43.8 Å². The summed E-state index contributed by atoms with van der Waals surface area (Å²) in [5, 5.41) is 3.51. The van der Waals surface area contributed by atoms with E-state index in [9.17, 15) is 18.0 Å². The molecule has 236 valence electrons. The van der Waals surface area contributed by atoms with Gasteiger partial charge in [-0.15, -0.1) is 0 Å². The van der Waals surface area contributed by atoms with E-state index in [-0.39, 0.29) is 29.8 Å². The highest BCUT2D eigenvalue weighted by atomic mass is 35.5. The molecule has 0 saturated carbocycles. The number of rotatable bonds is 12. The molecule has 0 aliphatic carbocycles. The summed E-state index contributed by atoms with van der Waals surface area (Å²) < 4.78 is 29.6. The smallest absolute Gasteiger partial charge is 0.264 e. The molecule has 0 fully saturated rings. The van der Waals surface area contributed by atoms with Gasteiger partial charge in [-0.2, -0.15) is 0 Å². The van der Waals surface area contributed by atoms with Crippen molar-refractivity contribution in [3.05, 3.63) is 130 Å². The standard InChI is InChI=1S/C36H40ClN3O4S/c1-25(2)38-36(42)34(22-29-9-7-6-8-10-29)39(23-30-14-16-31(37)17-15-30)35(41)24-40(33-20-13-27(4)21-28(33)5)45(43,44)32-18-11-26(3)12-19-32/h6-21,25,34H,22-24H2,1-5H3,(H,38,42)/t34-/m0/s1. The summed E-state index contributed by atoms with van der Waals surface area (Å²) in [4.78, 5) is 29.9. The highest BCUT2D eigenvalue weighted by molar-refractivity contribution is 7.92. The van der Waals surface area contributed by atoms with E-state index in [0.717, 1.165) is 26.6 Å². The van der Waals surface area contributed by atoms with Crippen LogP contribution in [0.2, 0.25) is 5.02 Å². The molecule has 1 N–H and O–H groups in total. The second kappa shape index (κ2) is 14.8. The fourth-order valence-electron chi connectivity index (χ4n) is 5.16. The number of carbonyl (C=O) groups excluding carboxylic acids is 2. The molecule has 4 rings (SSSR count). The van der Waals surface area contributed by atoms with Gasteiger partial charge in [0.2, 0.25) is 11.8 Å². The Labute approximate surface area is 271 Å². The molecule has 45 heavy (non-hydrogen) atoms. The number of amides is 2. The molecule has 2 amide bonds. The van der Waals surface area contributed by atoms with Gasteiger partial charge in [-0.25, -0.2) is 8.42 Å². The minimum absolute atomic E-state index is 0.0727. The van der Waals surface area contributed by atoms with Crippen molar-refractivity contribution in [2.75, 3.05) is 10.8 Å². The largest absolute Gasteiger partial charge is 0.352 e. The Morgan fingerprint density at radius 2 is 1.42 bits per heavy atom. The number of nitrogens with zero attached hydrogens (tertiary/aromatic N) is 2. The molecule has 0 radical (unpaired) electrons. The van der Waals surface area contributed by atoms with Gasteiger partial charge < -0.3 is 10.2 Å². The van der Waals surface area contributed by atoms with Crippen molar-refractivity contribution in [2.45, 2.75) is 64.6 Å². The van der Waals surface area contributed by atoms with Crippen LogP contribution in [0.5, 0.6) is 0 Å². The average Bonchev–Trinajstić information content (AvgIpc) is 2.99. The number of sulfonamides is 1. The van der Waals surface area contributed by atoms with E-state index in [2.05, 4.69) is 5.32 Å². The van der Waals surface area contributed by atoms with Gasteiger partial charge in [-0.3, -0.25) is 13.9 Å². The second-order valence-corrected chi connectivity index (χ2v) is 13.9. The van der Waals surface area contributed by atoms with Gasteiger partial charge in [0, 0.05) is 24.0 Å². The third-order valence-electron chi connectivity index (χ3n) is 7.48. The lowest BCUT2D eigenvalue weighted by Gasteiger charge is -2.34. The molecule has 4 aromatic rings. The van der Waals surface area contributed by atoms with E-state index in [1.54, 1.807) is 54.6 Å². The number of benzene rings is 4. The minimum Gasteiger partial charge on any atom is -0.352 e. The van der Waals surface area contributed by atoms with Crippen molar-refractivity contribution >= 4 is 39.1 Å². The normalized spacial score (nSPS) is 12.1. The average molecular weight is 646 g/mol. The summed E-state index contributed by atoms with van der Waals surface area (Å²) in [6, 6.07) is 27.4. The van der Waals surface area contributed by atoms with Crippen molar-refractivity contribution in [1.29, 1.82) is 0 Å². The minimum atomic E-state index is -4.17. The molecule has 0 spiro atoms. The molecular weight excluding hydrogens is 606 g/mol. The quantitative estimate of drug-likeness (QED) is 0.188. The van der Waals surface area contributed by atoms with E-state index in [1.807, 2.05) is 77.1 Å². The van der Waals surface area contributed by atoms with Crippen molar-refractivity contribution in [1.82, 2.24) is 10.2 Å². The van der Waals surface area contributed by atoms with Crippen LogP contribution in [0.25, 0.3) is 0 Å². The van der Waals surface area contributed by atoms with E-state index in [0.29, 0.717) is 16.3 Å². The van der Waals surface area contributed by atoms with Crippen LogP contribution in [0.3, 0.4) is 0 Å². The number of hydrogen-bond acceptors (Lipinski definition) is 4. The molecule has 0 unspecified atom stereocenters. The lowest BCUT2D eigenvalue weighted by atomic mass is 10.0. The first kappa shape index (κ1) is 33.7. The zero-order chi connectivity index (χ0) is 32.7. The summed E-state index contributed by atoms with van der Waals surface area (Å²) >= 11 is 6.15. The third-order valence-corrected chi connectivity index (χ3v) is 9.50. The van der Waals surface area contributed by atoms with Gasteiger partial charge in [0.1, 0.15) is 12.6 Å². The summed E-state index contributed by atoms with van der Waals surface area (Å²) in [5.74, 6) is -0.837. The molecule has 0 saturated heterocycles. The van der Waals surface area contributed by atoms with Crippen molar-refractivity contribution in [3.63, 3.8) is 0 Å². The highest BCUT2D eigenvalue weighted by Gasteiger charge is 2.35. The van der Waals surface area contributed by atoms with Crippen LogP contribution in [-0.2, 0) is 32.6 Å². The van der Waals surface area contributed by atoms with Crippen molar-refractivity contribution in [2.24, 2.45) is 0 Å². The van der Waals surface area contributed by atoms with Crippen LogP contribution in [0.4, 0.5) is 5.69 Å². The number of hydrogen-bond donors (Lipinski definition) is 1. The maximum Gasteiger partial charge on any atom is 0.264 e. The molecule has 7 nitrogen and oxygen atoms in total. The summed E-state index contributed by atoms with van der Waals surface area (Å²) in [7, 11) is -4.17. The van der Waals surface area contributed by atoms with E-state index >= 15 is 0 Å². The fraction of sp³-hybridized carbons (Fsp3) is 0.278. The summed E-state index contributed by atoms with van der Waals surface area (Å²) in [6.45, 7) is 8.92. The van der Waals surface area contributed by atoms with Gasteiger partial charge in [0.05, 0.1) is 10.6 Å². The van der Waals surface area contributed by atoms with Crippen LogP contribution in [0.15, 0.2) is 102 Å². The predicted molar refractivity (Wildman–Crippen MR) is 181 cm³/mol. The number of aryl methyl sites for hydroxylation is 3. The molecule has 4 aromatic carbocycles. The van der Waals surface area contributed by atoms with E-state index in [4.69, 9.17) is 11.6 Å². The maximum atomic E-state index is 14.5. The van der Waals surface area contributed by atoms with E-state index < -0.39 is 28.5 Å². The van der Waals surface area contributed by atoms with Crippen molar-refractivity contribution < 1.29 is 18.0 Å². The molecule has 0 aliphatic heterocycles. The zero-order valence-corrected chi connectivity index (χ0v) is 27.9. The Balaban J connectivity index is 1.82. The lowest BCUT2D eigenvalue weighted by molar-refractivity contribution is -0.140. The Hall–Kier alpha value is -4.14. The molecule has 9 heteroatoms. The van der Waals surface area contributed by atoms with Gasteiger partial charge >= 0.3 is 0 Å². The number of anilines is 1. The molecule has 0 heterocycles. The molecule has 0 aliphatic rings. The van der Waals surface area contributed by atoms with Crippen LogP contribution >= 0.6 is 11.6 Å². The van der Waals surface area contributed by atoms with Gasteiger partial charge in [-0.05, 0) is 81.6 Å². The number of nitrogens with one attached hydrogen (secondary N) is 1. The van der Waals surface area contributed by atoms with Gasteiger partial charge in [-0.1, -0.05) is 89.5 Å². The number of carbonyl (C=O) groups is 2. The summed E-state index contributed by atoms with van der Waals surface area (Å²) in [6.07, 6.45) is 0.243. The second-order valence-electron chi connectivity index (χ2n) is 11.6. The molecule has 1 atom stereocenters. The summed E-state index contributed by atoms with van der Waals surface area (Å²) in [5.41, 5.74) is 4.61.